The predicted molar refractivity (Wildman–Crippen MR) is 63.9 cm³/mol. The molecule has 1 N–H and O–H groups in total. The Balaban J connectivity index is 2.46. The van der Waals surface area contributed by atoms with Crippen LogP contribution < -0.4 is 0 Å². The summed E-state index contributed by atoms with van der Waals surface area (Å²) >= 11 is 1.18. The number of aliphatic hydroxyl groups excluding tert-OH is 1. The number of aliphatic hydroxyl groups is 1. The lowest BCUT2D eigenvalue weighted by molar-refractivity contribution is 0.0231. The Kier molecular flexibility index (Phi) is 5.22. The third kappa shape index (κ3) is 4.10. The first-order valence-electron chi connectivity index (χ1n) is 5.18. The normalized spacial score (nSPS) is 13.8. The summed E-state index contributed by atoms with van der Waals surface area (Å²) in [6.07, 6.45) is 0. The predicted octanol–water partition coefficient (Wildman–Crippen LogP) is 3.14. The van der Waals surface area contributed by atoms with Crippen molar-refractivity contribution in [2.24, 2.45) is 5.92 Å². The zero-order valence-corrected chi connectivity index (χ0v) is 10.0. The van der Waals surface area contributed by atoms with Gasteiger partial charge in [-0.3, -0.25) is 0 Å². The van der Waals surface area contributed by atoms with Gasteiger partial charge in [0.05, 0.1) is 5.75 Å². The SMILES string of the molecule is CC(CO)CSCC(F)(F)c1ccccc1. The molecule has 1 rings (SSSR count). The van der Waals surface area contributed by atoms with Crippen LogP contribution in [0.15, 0.2) is 30.3 Å². The monoisotopic (exact) mass is 246 g/mol. The van der Waals surface area contributed by atoms with Crippen LogP contribution in [-0.4, -0.2) is 23.2 Å². The van der Waals surface area contributed by atoms with Crippen LogP contribution in [0, 0.1) is 5.92 Å². The van der Waals surface area contributed by atoms with E-state index < -0.39 is 5.92 Å². The van der Waals surface area contributed by atoms with Gasteiger partial charge in [-0.25, -0.2) is 8.78 Å². The maximum atomic E-state index is 13.6. The average molecular weight is 246 g/mol. The van der Waals surface area contributed by atoms with E-state index in [4.69, 9.17) is 5.11 Å². The first-order valence-corrected chi connectivity index (χ1v) is 6.33. The van der Waals surface area contributed by atoms with Crippen molar-refractivity contribution < 1.29 is 13.9 Å². The Morgan fingerprint density at radius 1 is 1.31 bits per heavy atom. The Morgan fingerprint density at radius 3 is 2.50 bits per heavy atom. The minimum Gasteiger partial charge on any atom is -0.396 e. The number of alkyl halides is 2. The molecular weight excluding hydrogens is 230 g/mol. The van der Waals surface area contributed by atoms with Gasteiger partial charge >= 0.3 is 0 Å². The summed E-state index contributed by atoms with van der Waals surface area (Å²) < 4.78 is 27.3. The molecule has 1 atom stereocenters. The molecule has 0 saturated carbocycles. The fourth-order valence-electron chi connectivity index (χ4n) is 1.21. The quantitative estimate of drug-likeness (QED) is 0.832. The van der Waals surface area contributed by atoms with E-state index in [1.165, 1.54) is 23.9 Å². The van der Waals surface area contributed by atoms with Gasteiger partial charge in [-0.2, -0.15) is 11.8 Å². The largest absolute Gasteiger partial charge is 0.396 e. The minimum atomic E-state index is -2.79. The molecule has 0 bridgehead atoms. The molecule has 1 aromatic carbocycles. The maximum absolute atomic E-state index is 13.6. The van der Waals surface area contributed by atoms with Crippen LogP contribution in [0.25, 0.3) is 0 Å². The zero-order chi connectivity index (χ0) is 12.0. The number of benzene rings is 1. The third-order valence-electron chi connectivity index (χ3n) is 2.19. The van der Waals surface area contributed by atoms with E-state index in [1.807, 2.05) is 6.92 Å². The van der Waals surface area contributed by atoms with Gasteiger partial charge in [0.1, 0.15) is 0 Å². The Morgan fingerprint density at radius 2 is 1.94 bits per heavy atom. The summed E-state index contributed by atoms with van der Waals surface area (Å²) in [4.78, 5) is 0. The van der Waals surface area contributed by atoms with Crippen molar-refractivity contribution in [3.8, 4) is 0 Å². The molecule has 0 amide bonds. The lowest BCUT2D eigenvalue weighted by Gasteiger charge is -2.17. The molecule has 0 aliphatic carbocycles. The van der Waals surface area contributed by atoms with Crippen molar-refractivity contribution in [3.05, 3.63) is 35.9 Å². The van der Waals surface area contributed by atoms with Gasteiger partial charge in [0.2, 0.25) is 0 Å². The number of hydrogen-bond donors (Lipinski definition) is 1. The van der Waals surface area contributed by atoms with Crippen molar-refractivity contribution in [2.75, 3.05) is 18.1 Å². The minimum absolute atomic E-state index is 0.0455. The molecule has 4 heteroatoms. The highest BCUT2D eigenvalue weighted by Gasteiger charge is 2.30. The summed E-state index contributed by atoms with van der Waals surface area (Å²) in [5.74, 6) is -2.40. The van der Waals surface area contributed by atoms with E-state index in [-0.39, 0.29) is 23.8 Å². The van der Waals surface area contributed by atoms with E-state index in [1.54, 1.807) is 18.2 Å². The Hall–Kier alpha value is -0.610. The summed E-state index contributed by atoms with van der Waals surface area (Å²) in [7, 11) is 0. The molecule has 0 radical (unpaired) electrons. The standard InChI is InChI=1S/C12H16F2OS/c1-10(7-15)8-16-9-12(13,14)11-5-3-2-4-6-11/h2-6,10,15H,7-9H2,1H3. The highest BCUT2D eigenvalue weighted by molar-refractivity contribution is 7.99. The van der Waals surface area contributed by atoms with Crippen LogP contribution in [0.1, 0.15) is 12.5 Å². The molecule has 1 unspecified atom stereocenters. The van der Waals surface area contributed by atoms with Crippen molar-refractivity contribution >= 4 is 11.8 Å². The fraction of sp³-hybridized carbons (Fsp3) is 0.500. The molecule has 1 aromatic rings. The molecule has 0 aliphatic rings. The lowest BCUT2D eigenvalue weighted by atomic mass is 10.1. The van der Waals surface area contributed by atoms with Crippen molar-refractivity contribution in [2.45, 2.75) is 12.8 Å². The van der Waals surface area contributed by atoms with Crippen molar-refractivity contribution in [1.29, 1.82) is 0 Å². The van der Waals surface area contributed by atoms with Gasteiger partial charge in [-0.05, 0) is 11.7 Å². The summed E-state index contributed by atoms with van der Waals surface area (Å²) in [5.41, 5.74) is 0.0548. The van der Waals surface area contributed by atoms with Crippen LogP contribution in [0.4, 0.5) is 8.78 Å². The fourth-order valence-corrected chi connectivity index (χ4v) is 2.25. The molecule has 16 heavy (non-hydrogen) atoms. The second-order valence-electron chi connectivity index (χ2n) is 3.87. The van der Waals surface area contributed by atoms with Gasteiger partial charge < -0.3 is 5.11 Å². The van der Waals surface area contributed by atoms with Crippen molar-refractivity contribution in [3.63, 3.8) is 0 Å². The first kappa shape index (κ1) is 13.5. The Labute approximate surface area is 98.9 Å². The van der Waals surface area contributed by atoms with Gasteiger partial charge in [0.25, 0.3) is 5.92 Å². The smallest absolute Gasteiger partial charge is 0.282 e. The number of thioether (sulfide) groups is 1. The van der Waals surface area contributed by atoms with Crippen LogP contribution in [0.5, 0.6) is 0 Å². The van der Waals surface area contributed by atoms with Gasteiger partial charge in [0, 0.05) is 12.2 Å². The topological polar surface area (TPSA) is 20.2 Å². The second kappa shape index (κ2) is 6.21. The molecule has 0 heterocycles. The first-order chi connectivity index (χ1) is 7.56. The highest BCUT2D eigenvalue weighted by Crippen LogP contribution is 2.31. The van der Waals surface area contributed by atoms with Crippen LogP contribution in [0.3, 0.4) is 0 Å². The zero-order valence-electron chi connectivity index (χ0n) is 9.20. The van der Waals surface area contributed by atoms with E-state index >= 15 is 0 Å². The molecular formula is C12H16F2OS. The van der Waals surface area contributed by atoms with E-state index in [9.17, 15) is 8.78 Å². The summed E-state index contributed by atoms with van der Waals surface area (Å²) in [5, 5.41) is 8.78. The molecule has 0 saturated heterocycles. The third-order valence-corrected chi connectivity index (χ3v) is 3.56. The molecule has 90 valence electrons. The molecule has 1 nitrogen and oxygen atoms in total. The van der Waals surface area contributed by atoms with Crippen molar-refractivity contribution in [1.82, 2.24) is 0 Å². The number of halogens is 2. The van der Waals surface area contributed by atoms with Crippen LogP contribution >= 0.6 is 11.8 Å². The van der Waals surface area contributed by atoms with Gasteiger partial charge in [0.15, 0.2) is 0 Å². The Bertz CT molecular complexity index is 303. The molecule has 0 aliphatic heterocycles. The van der Waals surface area contributed by atoms with E-state index in [2.05, 4.69) is 0 Å². The second-order valence-corrected chi connectivity index (χ2v) is 4.90. The van der Waals surface area contributed by atoms with E-state index in [0.29, 0.717) is 5.75 Å². The average Bonchev–Trinajstić information content (AvgIpc) is 2.30. The molecule has 0 aromatic heterocycles. The maximum Gasteiger partial charge on any atom is 0.282 e. The van der Waals surface area contributed by atoms with Crippen LogP contribution in [0.2, 0.25) is 0 Å². The van der Waals surface area contributed by atoms with Crippen LogP contribution in [-0.2, 0) is 5.92 Å². The highest BCUT2D eigenvalue weighted by atomic mass is 32.2. The lowest BCUT2D eigenvalue weighted by Crippen LogP contribution is -2.18. The number of rotatable bonds is 6. The molecule has 0 fully saturated rings. The van der Waals surface area contributed by atoms with Gasteiger partial charge in [-0.1, -0.05) is 37.3 Å². The molecule has 0 spiro atoms. The van der Waals surface area contributed by atoms with E-state index in [0.717, 1.165) is 0 Å². The summed E-state index contributed by atoms with van der Waals surface area (Å²) in [6, 6.07) is 7.83. The number of hydrogen-bond acceptors (Lipinski definition) is 2. The summed E-state index contributed by atoms with van der Waals surface area (Å²) in [6.45, 7) is 1.89. The van der Waals surface area contributed by atoms with Gasteiger partial charge in [-0.15, -0.1) is 0 Å².